The molecule has 0 amide bonds. The Hall–Kier alpha value is -3.47. The van der Waals surface area contributed by atoms with Crippen molar-refractivity contribution in [2.24, 2.45) is 0 Å². The van der Waals surface area contributed by atoms with E-state index in [0.29, 0.717) is 13.1 Å². The second kappa shape index (κ2) is 11.3. The van der Waals surface area contributed by atoms with Gasteiger partial charge in [-0.1, -0.05) is 16.6 Å². The van der Waals surface area contributed by atoms with Gasteiger partial charge >= 0.3 is 25.4 Å². The minimum Gasteiger partial charge on any atom is -0.433 e. The lowest BCUT2D eigenvalue weighted by molar-refractivity contribution is -0.199. The fourth-order valence-electron chi connectivity index (χ4n) is 3.28. The van der Waals surface area contributed by atoms with E-state index in [-0.39, 0.29) is 18.8 Å². The van der Waals surface area contributed by atoms with Crippen LogP contribution in [-0.2, 0) is 19.7 Å². The van der Waals surface area contributed by atoms with Crippen LogP contribution in [0.5, 0.6) is 11.5 Å². The van der Waals surface area contributed by atoms with Crippen LogP contribution in [0.3, 0.4) is 0 Å². The third kappa shape index (κ3) is 6.85. The average molecular weight is 561 g/mol. The first-order chi connectivity index (χ1) is 17.3. The standard InChI is InChI=1S/C20H18F7N3O6S/c21-18(22)34-14-6-5-12(11-13(14)29-9-7-28-8-10-29)30(36-17(31)20(25,26)27)37(32,33)16-4-2-1-3-15(16)35-19(23)24/h1-6,11,18-19,28H,7-10H2. The van der Waals surface area contributed by atoms with Gasteiger partial charge in [0.15, 0.2) is 0 Å². The summed E-state index contributed by atoms with van der Waals surface area (Å²) >= 11 is 0. The van der Waals surface area contributed by atoms with Crippen molar-refractivity contribution >= 4 is 27.4 Å². The Morgan fingerprint density at radius 1 is 0.946 bits per heavy atom. The molecule has 0 aromatic heterocycles. The topological polar surface area (TPSA) is 97.4 Å². The van der Waals surface area contributed by atoms with Crippen LogP contribution in [-0.4, -0.2) is 60.0 Å². The van der Waals surface area contributed by atoms with Crippen molar-refractivity contribution in [2.75, 3.05) is 35.5 Å². The van der Waals surface area contributed by atoms with E-state index >= 15 is 0 Å². The molecule has 0 spiro atoms. The number of nitrogens with one attached hydrogen (secondary N) is 1. The number of sulfonamides is 1. The summed E-state index contributed by atoms with van der Waals surface area (Å²) in [6.45, 7) is -5.63. The van der Waals surface area contributed by atoms with Crippen LogP contribution < -0.4 is 24.2 Å². The van der Waals surface area contributed by atoms with Gasteiger partial charge in [-0.15, -0.1) is 0 Å². The summed E-state index contributed by atoms with van der Waals surface area (Å²) < 4.78 is 125. The van der Waals surface area contributed by atoms with Gasteiger partial charge in [-0.25, -0.2) is 4.79 Å². The zero-order valence-corrected chi connectivity index (χ0v) is 19.2. The lowest BCUT2D eigenvalue weighted by atomic mass is 10.2. The van der Waals surface area contributed by atoms with Crippen molar-refractivity contribution in [1.82, 2.24) is 5.32 Å². The number of para-hydroxylation sites is 1. The van der Waals surface area contributed by atoms with Crippen LogP contribution in [0.2, 0.25) is 0 Å². The summed E-state index contributed by atoms with van der Waals surface area (Å²) in [5, 5.41) is 2.99. The zero-order chi connectivity index (χ0) is 27.4. The molecule has 1 saturated heterocycles. The largest absolute Gasteiger partial charge is 0.493 e. The molecule has 1 aliphatic rings. The Labute approximate surface area is 205 Å². The normalized spacial score (nSPS) is 14.6. The molecule has 204 valence electrons. The van der Waals surface area contributed by atoms with Gasteiger partial charge in [-0.2, -0.15) is 39.2 Å². The maximum absolute atomic E-state index is 13.3. The fraction of sp³-hybridized carbons (Fsp3) is 0.350. The maximum atomic E-state index is 13.3. The van der Waals surface area contributed by atoms with Gasteiger partial charge < -0.3 is 24.5 Å². The second-order valence-corrected chi connectivity index (χ2v) is 8.92. The van der Waals surface area contributed by atoms with E-state index in [2.05, 4.69) is 19.6 Å². The minimum atomic E-state index is -5.66. The van der Waals surface area contributed by atoms with E-state index in [1.807, 2.05) is 0 Å². The lowest BCUT2D eigenvalue weighted by Gasteiger charge is -2.32. The third-order valence-corrected chi connectivity index (χ3v) is 6.40. The van der Waals surface area contributed by atoms with E-state index < -0.39 is 61.9 Å². The highest BCUT2D eigenvalue weighted by Gasteiger charge is 2.45. The van der Waals surface area contributed by atoms with Crippen molar-refractivity contribution in [3.8, 4) is 11.5 Å². The van der Waals surface area contributed by atoms with Gasteiger partial charge in [-0.05, 0) is 30.3 Å². The molecule has 1 aliphatic heterocycles. The van der Waals surface area contributed by atoms with Gasteiger partial charge in [0.05, 0.1) is 11.4 Å². The molecular weight excluding hydrogens is 543 g/mol. The number of rotatable bonds is 9. The van der Waals surface area contributed by atoms with Crippen molar-refractivity contribution in [3.63, 3.8) is 0 Å². The Kier molecular flexibility index (Phi) is 8.57. The quantitative estimate of drug-likeness (QED) is 0.367. The van der Waals surface area contributed by atoms with Crippen LogP contribution in [0.4, 0.5) is 42.1 Å². The van der Waals surface area contributed by atoms with E-state index in [9.17, 15) is 43.9 Å². The Morgan fingerprint density at radius 3 is 2.14 bits per heavy atom. The summed E-state index contributed by atoms with van der Waals surface area (Å²) in [5.41, 5.74) is -0.903. The number of carbonyl (C=O) groups excluding carboxylic acids is 1. The van der Waals surface area contributed by atoms with E-state index in [4.69, 9.17) is 0 Å². The first-order valence-corrected chi connectivity index (χ1v) is 11.7. The third-order valence-electron chi connectivity index (χ3n) is 4.79. The highest BCUT2D eigenvalue weighted by molar-refractivity contribution is 7.92. The number of piperazine rings is 1. The van der Waals surface area contributed by atoms with Crippen LogP contribution >= 0.6 is 0 Å². The summed E-state index contributed by atoms with van der Waals surface area (Å²) in [6, 6.07) is 6.12. The molecule has 2 aromatic carbocycles. The second-order valence-electron chi connectivity index (χ2n) is 7.20. The SMILES string of the molecule is O=C(ON(c1ccc(OC(F)F)c(N2CCNCC2)c1)S(=O)(=O)c1ccccc1OC(F)F)C(F)(F)F. The first-order valence-electron chi connectivity index (χ1n) is 10.2. The van der Waals surface area contributed by atoms with Crippen LogP contribution in [0.1, 0.15) is 0 Å². The molecule has 1 fully saturated rings. The number of alkyl halides is 7. The predicted molar refractivity (Wildman–Crippen MR) is 113 cm³/mol. The molecule has 0 aliphatic carbocycles. The van der Waals surface area contributed by atoms with Gasteiger partial charge in [0.25, 0.3) is 10.0 Å². The number of carbonyl (C=O) groups is 1. The lowest BCUT2D eigenvalue weighted by Crippen LogP contribution is -2.44. The van der Waals surface area contributed by atoms with Gasteiger partial charge in [0.2, 0.25) is 0 Å². The number of hydrogen-bond donors (Lipinski definition) is 1. The van der Waals surface area contributed by atoms with E-state index in [0.717, 1.165) is 42.5 Å². The molecule has 0 radical (unpaired) electrons. The Balaban J connectivity index is 2.17. The van der Waals surface area contributed by atoms with Gasteiger partial charge in [-0.3, -0.25) is 0 Å². The van der Waals surface area contributed by atoms with Crippen LogP contribution in [0.25, 0.3) is 0 Å². The highest BCUT2D eigenvalue weighted by atomic mass is 32.2. The molecular formula is C20H18F7N3O6S. The molecule has 9 nitrogen and oxygen atoms in total. The molecule has 0 saturated carbocycles. The summed E-state index contributed by atoms with van der Waals surface area (Å²) in [6.07, 6.45) is -5.66. The summed E-state index contributed by atoms with van der Waals surface area (Å²) in [7, 11) is -5.36. The molecule has 37 heavy (non-hydrogen) atoms. The van der Waals surface area contributed by atoms with Crippen molar-refractivity contribution in [2.45, 2.75) is 24.3 Å². The summed E-state index contributed by atoms with van der Waals surface area (Å²) in [4.78, 5) is 16.2. The van der Waals surface area contributed by atoms with Crippen molar-refractivity contribution < 1.29 is 58.3 Å². The smallest absolute Gasteiger partial charge is 0.433 e. The molecule has 0 atom stereocenters. The van der Waals surface area contributed by atoms with Crippen molar-refractivity contribution in [1.29, 1.82) is 0 Å². The highest BCUT2D eigenvalue weighted by Crippen LogP contribution is 2.38. The molecule has 0 unspecified atom stereocenters. The molecule has 1 N–H and O–H groups in total. The predicted octanol–water partition coefficient (Wildman–Crippen LogP) is 3.51. The number of benzene rings is 2. The van der Waals surface area contributed by atoms with Crippen LogP contribution in [0.15, 0.2) is 47.4 Å². The monoisotopic (exact) mass is 561 g/mol. The number of halogens is 7. The van der Waals surface area contributed by atoms with E-state index in [1.54, 1.807) is 0 Å². The number of ether oxygens (including phenoxy) is 2. The maximum Gasteiger partial charge on any atom is 0.493 e. The average Bonchev–Trinajstić information content (AvgIpc) is 2.82. The van der Waals surface area contributed by atoms with Gasteiger partial charge in [0, 0.05) is 26.2 Å². The number of anilines is 2. The zero-order valence-electron chi connectivity index (χ0n) is 18.4. The Morgan fingerprint density at radius 2 is 1.54 bits per heavy atom. The molecule has 17 heteroatoms. The van der Waals surface area contributed by atoms with Crippen molar-refractivity contribution in [3.05, 3.63) is 42.5 Å². The summed E-state index contributed by atoms with van der Waals surface area (Å²) in [5.74, 6) is -4.35. The van der Waals surface area contributed by atoms with E-state index in [1.165, 1.54) is 4.90 Å². The number of nitrogens with zero attached hydrogens (tertiary/aromatic N) is 2. The molecule has 0 bridgehead atoms. The fourth-order valence-corrected chi connectivity index (χ4v) is 4.64. The molecule has 3 rings (SSSR count). The minimum absolute atomic E-state index is 0.153. The Bertz CT molecular complexity index is 1210. The first kappa shape index (κ1) is 28.1. The van der Waals surface area contributed by atoms with Crippen LogP contribution in [0, 0.1) is 0 Å². The number of hydrogen-bond acceptors (Lipinski definition) is 8. The molecule has 1 heterocycles. The van der Waals surface area contributed by atoms with Gasteiger partial charge in [0.1, 0.15) is 16.4 Å². The molecule has 2 aromatic rings.